The Kier molecular flexibility index (Phi) is 5.14. The third-order valence-electron chi connectivity index (χ3n) is 3.75. The molecule has 3 rings (SSSR count). The highest BCUT2D eigenvalue weighted by Gasteiger charge is 2.13. The quantitative estimate of drug-likeness (QED) is 0.354. The van der Waals surface area contributed by atoms with Crippen LogP contribution in [0.3, 0.4) is 0 Å². The Balaban J connectivity index is 1.74. The van der Waals surface area contributed by atoms with E-state index in [2.05, 4.69) is 15.9 Å². The van der Waals surface area contributed by atoms with Gasteiger partial charge in [-0.2, -0.15) is 0 Å². The molecule has 0 saturated heterocycles. The summed E-state index contributed by atoms with van der Waals surface area (Å²) in [5.41, 5.74) is 1.26. The molecular weight excluding hydrogens is 384 g/mol. The maximum absolute atomic E-state index is 12.1. The van der Waals surface area contributed by atoms with Gasteiger partial charge in [-0.1, -0.05) is 46.3 Å². The molecule has 0 fully saturated rings. The standard InChI is InChI=1S/C20H15BrO4/c1-13-10-15(21)7-9-18(13)24-12-20(23)25-19-8-6-14-4-2-3-5-16(14)17(19)11-22/h2-11H,12H2,1H3. The van der Waals surface area contributed by atoms with Crippen LogP contribution in [0.1, 0.15) is 15.9 Å². The molecule has 0 unspecified atom stereocenters. The molecule has 0 aliphatic rings. The van der Waals surface area contributed by atoms with Crippen LogP contribution in [0.5, 0.6) is 11.5 Å². The van der Waals surface area contributed by atoms with Gasteiger partial charge >= 0.3 is 5.97 Å². The second kappa shape index (κ2) is 7.49. The highest BCUT2D eigenvalue weighted by molar-refractivity contribution is 9.10. The molecule has 0 radical (unpaired) electrons. The minimum atomic E-state index is -0.569. The van der Waals surface area contributed by atoms with Crippen molar-refractivity contribution >= 4 is 39.0 Å². The van der Waals surface area contributed by atoms with E-state index in [1.54, 1.807) is 12.1 Å². The Labute approximate surface area is 153 Å². The normalized spacial score (nSPS) is 10.5. The predicted molar refractivity (Wildman–Crippen MR) is 99.3 cm³/mol. The molecule has 0 atom stereocenters. The number of fused-ring (bicyclic) bond motifs is 1. The van der Waals surface area contributed by atoms with Crippen LogP contribution < -0.4 is 9.47 Å². The van der Waals surface area contributed by atoms with Crippen LogP contribution in [0.25, 0.3) is 10.8 Å². The van der Waals surface area contributed by atoms with Crippen molar-refractivity contribution in [3.8, 4) is 11.5 Å². The molecule has 25 heavy (non-hydrogen) atoms. The number of hydrogen-bond donors (Lipinski definition) is 0. The summed E-state index contributed by atoms with van der Waals surface area (Å²) < 4.78 is 11.8. The van der Waals surface area contributed by atoms with Gasteiger partial charge in [-0.15, -0.1) is 0 Å². The predicted octanol–water partition coefficient (Wildman–Crippen LogP) is 4.71. The molecule has 0 saturated carbocycles. The van der Waals surface area contributed by atoms with E-state index in [1.807, 2.05) is 49.4 Å². The summed E-state index contributed by atoms with van der Waals surface area (Å²) >= 11 is 3.38. The number of carbonyl (C=O) groups excluding carboxylic acids is 2. The number of halogens is 1. The Morgan fingerprint density at radius 2 is 1.84 bits per heavy atom. The van der Waals surface area contributed by atoms with Gasteiger partial charge in [0, 0.05) is 4.47 Å². The topological polar surface area (TPSA) is 52.6 Å². The molecule has 0 heterocycles. The number of aryl methyl sites for hydroxylation is 1. The van der Waals surface area contributed by atoms with E-state index < -0.39 is 5.97 Å². The molecule has 3 aromatic rings. The van der Waals surface area contributed by atoms with Crippen molar-refractivity contribution in [1.29, 1.82) is 0 Å². The fourth-order valence-corrected chi connectivity index (χ4v) is 3.03. The second-order valence-electron chi connectivity index (χ2n) is 5.49. The van der Waals surface area contributed by atoms with Gasteiger partial charge in [0.15, 0.2) is 12.9 Å². The van der Waals surface area contributed by atoms with E-state index in [4.69, 9.17) is 9.47 Å². The smallest absolute Gasteiger partial charge is 0.349 e. The number of benzene rings is 3. The van der Waals surface area contributed by atoms with E-state index in [0.29, 0.717) is 17.6 Å². The number of ether oxygens (including phenoxy) is 2. The van der Waals surface area contributed by atoms with E-state index in [9.17, 15) is 9.59 Å². The maximum atomic E-state index is 12.1. The van der Waals surface area contributed by atoms with Crippen LogP contribution in [0, 0.1) is 6.92 Å². The minimum absolute atomic E-state index is 0.231. The fraction of sp³-hybridized carbons (Fsp3) is 0.100. The molecule has 0 bridgehead atoms. The summed E-state index contributed by atoms with van der Waals surface area (Å²) in [6, 6.07) is 16.4. The molecule has 3 aromatic carbocycles. The first-order valence-corrected chi connectivity index (χ1v) is 8.44. The SMILES string of the molecule is Cc1cc(Br)ccc1OCC(=O)Oc1ccc2ccccc2c1C=O. The van der Waals surface area contributed by atoms with Gasteiger partial charge in [0.2, 0.25) is 0 Å². The summed E-state index contributed by atoms with van der Waals surface area (Å²) in [6.45, 7) is 1.65. The monoisotopic (exact) mass is 398 g/mol. The molecule has 126 valence electrons. The Morgan fingerprint density at radius 1 is 1.08 bits per heavy atom. The van der Waals surface area contributed by atoms with Gasteiger partial charge < -0.3 is 9.47 Å². The van der Waals surface area contributed by atoms with Gasteiger partial charge in [0.05, 0.1) is 5.56 Å². The lowest BCUT2D eigenvalue weighted by Gasteiger charge is -2.11. The molecule has 0 amide bonds. The molecule has 0 aliphatic heterocycles. The molecule has 0 spiro atoms. The average Bonchev–Trinajstić information content (AvgIpc) is 2.61. The number of rotatable bonds is 5. The summed E-state index contributed by atoms with van der Waals surface area (Å²) in [5.74, 6) is 0.268. The number of aldehydes is 1. The molecule has 0 aliphatic carbocycles. The summed E-state index contributed by atoms with van der Waals surface area (Å²) in [4.78, 5) is 23.5. The Morgan fingerprint density at radius 3 is 2.60 bits per heavy atom. The van der Waals surface area contributed by atoms with Gasteiger partial charge in [0.1, 0.15) is 11.5 Å². The third-order valence-corrected chi connectivity index (χ3v) is 4.25. The Hall–Kier alpha value is -2.66. The zero-order chi connectivity index (χ0) is 17.8. The van der Waals surface area contributed by atoms with Crippen molar-refractivity contribution in [2.75, 3.05) is 6.61 Å². The zero-order valence-corrected chi connectivity index (χ0v) is 15.1. The summed E-state index contributed by atoms with van der Waals surface area (Å²) in [6.07, 6.45) is 0.699. The molecule has 0 N–H and O–H groups in total. The van der Waals surface area contributed by atoms with Crippen molar-refractivity contribution in [2.24, 2.45) is 0 Å². The maximum Gasteiger partial charge on any atom is 0.349 e. The number of carbonyl (C=O) groups is 2. The zero-order valence-electron chi connectivity index (χ0n) is 13.5. The summed E-state index contributed by atoms with van der Waals surface area (Å²) in [7, 11) is 0. The first-order chi connectivity index (χ1) is 12.1. The summed E-state index contributed by atoms with van der Waals surface area (Å²) in [5, 5.41) is 1.65. The highest BCUT2D eigenvalue weighted by atomic mass is 79.9. The van der Waals surface area contributed by atoms with Crippen LogP contribution in [0.2, 0.25) is 0 Å². The molecule has 5 heteroatoms. The van der Waals surface area contributed by atoms with Crippen molar-refractivity contribution in [2.45, 2.75) is 6.92 Å². The molecule has 4 nitrogen and oxygen atoms in total. The largest absolute Gasteiger partial charge is 0.482 e. The van der Waals surface area contributed by atoms with E-state index in [0.717, 1.165) is 20.8 Å². The van der Waals surface area contributed by atoms with Crippen LogP contribution in [0.15, 0.2) is 59.1 Å². The third kappa shape index (κ3) is 3.88. The van der Waals surface area contributed by atoms with Crippen LogP contribution in [-0.2, 0) is 4.79 Å². The first-order valence-electron chi connectivity index (χ1n) is 7.65. The van der Waals surface area contributed by atoms with Gasteiger partial charge in [-0.25, -0.2) is 4.79 Å². The van der Waals surface area contributed by atoms with E-state index in [-0.39, 0.29) is 12.4 Å². The number of hydrogen-bond acceptors (Lipinski definition) is 4. The van der Waals surface area contributed by atoms with Crippen molar-refractivity contribution in [1.82, 2.24) is 0 Å². The van der Waals surface area contributed by atoms with Gasteiger partial charge in [-0.05, 0) is 47.5 Å². The van der Waals surface area contributed by atoms with Crippen LogP contribution >= 0.6 is 15.9 Å². The Bertz CT molecular complexity index is 950. The average molecular weight is 399 g/mol. The van der Waals surface area contributed by atoms with E-state index in [1.165, 1.54) is 0 Å². The minimum Gasteiger partial charge on any atom is -0.482 e. The molecular formula is C20H15BrO4. The van der Waals surface area contributed by atoms with E-state index >= 15 is 0 Å². The van der Waals surface area contributed by atoms with Crippen molar-refractivity contribution in [3.05, 3.63) is 70.2 Å². The van der Waals surface area contributed by atoms with Gasteiger partial charge in [0.25, 0.3) is 0 Å². The number of esters is 1. The van der Waals surface area contributed by atoms with Crippen LogP contribution in [0.4, 0.5) is 0 Å². The highest BCUT2D eigenvalue weighted by Crippen LogP contribution is 2.27. The van der Waals surface area contributed by atoms with Crippen molar-refractivity contribution < 1.29 is 19.1 Å². The second-order valence-corrected chi connectivity index (χ2v) is 6.40. The lowest BCUT2D eigenvalue weighted by Crippen LogP contribution is -2.18. The fourth-order valence-electron chi connectivity index (χ4n) is 2.55. The van der Waals surface area contributed by atoms with Crippen molar-refractivity contribution in [3.63, 3.8) is 0 Å². The van der Waals surface area contributed by atoms with Crippen LogP contribution in [-0.4, -0.2) is 18.9 Å². The molecule has 0 aromatic heterocycles. The van der Waals surface area contributed by atoms with Gasteiger partial charge in [-0.3, -0.25) is 4.79 Å². The lowest BCUT2D eigenvalue weighted by atomic mass is 10.0. The first kappa shape index (κ1) is 17.2. The lowest BCUT2D eigenvalue weighted by molar-refractivity contribution is -0.136.